The van der Waals surface area contributed by atoms with E-state index in [1.807, 2.05) is 6.92 Å². The normalized spacial score (nSPS) is 26.8. The van der Waals surface area contributed by atoms with Crippen LogP contribution in [0.2, 0.25) is 0 Å². The van der Waals surface area contributed by atoms with Gasteiger partial charge in [0.05, 0.1) is 0 Å². The van der Waals surface area contributed by atoms with Gasteiger partial charge in [-0.25, -0.2) is 0 Å². The molecule has 1 saturated carbocycles. The summed E-state index contributed by atoms with van der Waals surface area (Å²) in [7, 11) is 0. The van der Waals surface area contributed by atoms with Crippen molar-refractivity contribution in [2.75, 3.05) is 11.9 Å². The third-order valence-corrected chi connectivity index (χ3v) is 3.55. The van der Waals surface area contributed by atoms with Gasteiger partial charge < -0.3 is 9.73 Å². The van der Waals surface area contributed by atoms with E-state index in [0.29, 0.717) is 11.9 Å². The van der Waals surface area contributed by atoms with Crippen LogP contribution < -0.4 is 5.32 Å². The van der Waals surface area contributed by atoms with Crippen LogP contribution in [0.4, 0.5) is 6.01 Å². The number of hydrogen-bond donors (Lipinski definition) is 1. The third kappa shape index (κ3) is 3.60. The maximum atomic E-state index is 5.86. The van der Waals surface area contributed by atoms with E-state index in [-0.39, 0.29) is 5.38 Å². The molecular weight excluding hydrogens is 238 g/mol. The van der Waals surface area contributed by atoms with Gasteiger partial charge in [0.15, 0.2) is 0 Å². The van der Waals surface area contributed by atoms with Crippen molar-refractivity contribution in [1.82, 2.24) is 10.2 Å². The van der Waals surface area contributed by atoms with Crippen LogP contribution in [0, 0.1) is 11.8 Å². The summed E-state index contributed by atoms with van der Waals surface area (Å²) in [5, 5.41) is 10.8. The van der Waals surface area contributed by atoms with Crippen LogP contribution in [0.1, 0.15) is 50.8 Å². The predicted molar refractivity (Wildman–Crippen MR) is 68.2 cm³/mol. The number of alkyl halides is 1. The lowest BCUT2D eigenvalue weighted by Crippen LogP contribution is -2.21. The number of rotatable bonds is 4. The molecule has 96 valence electrons. The highest BCUT2D eigenvalue weighted by Gasteiger charge is 2.19. The van der Waals surface area contributed by atoms with Crippen molar-refractivity contribution in [2.45, 2.75) is 44.9 Å². The van der Waals surface area contributed by atoms with Crippen molar-refractivity contribution >= 4 is 17.6 Å². The molecule has 1 fully saturated rings. The second-order valence-electron chi connectivity index (χ2n) is 5.08. The lowest BCUT2D eigenvalue weighted by Gasteiger charge is -2.26. The van der Waals surface area contributed by atoms with Gasteiger partial charge in [-0.2, -0.15) is 0 Å². The van der Waals surface area contributed by atoms with Crippen LogP contribution in [-0.4, -0.2) is 16.7 Å². The zero-order chi connectivity index (χ0) is 12.3. The first-order chi connectivity index (χ1) is 8.15. The summed E-state index contributed by atoms with van der Waals surface area (Å²) in [5.74, 6) is 2.05. The molecular formula is C12H20ClN3O. The van der Waals surface area contributed by atoms with Crippen LogP contribution in [0.15, 0.2) is 4.42 Å². The first-order valence-corrected chi connectivity index (χ1v) is 6.80. The Morgan fingerprint density at radius 3 is 2.94 bits per heavy atom. The molecule has 3 atom stereocenters. The predicted octanol–water partition coefficient (Wildman–Crippen LogP) is 3.61. The van der Waals surface area contributed by atoms with Crippen molar-refractivity contribution in [3.8, 4) is 0 Å². The minimum atomic E-state index is -0.229. The average Bonchev–Trinajstić information content (AvgIpc) is 2.75. The molecule has 0 aromatic carbocycles. The van der Waals surface area contributed by atoms with Crippen LogP contribution >= 0.6 is 11.6 Å². The van der Waals surface area contributed by atoms with Crippen LogP contribution in [0.25, 0.3) is 0 Å². The van der Waals surface area contributed by atoms with E-state index in [9.17, 15) is 0 Å². The van der Waals surface area contributed by atoms with Gasteiger partial charge in [-0.05, 0) is 31.6 Å². The van der Waals surface area contributed by atoms with E-state index in [1.54, 1.807) is 0 Å². The number of halogens is 1. The molecule has 1 aromatic rings. The van der Waals surface area contributed by atoms with Gasteiger partial charge in [0.25, 0.3) is 0 Å². The molecule has 5 heteroatoms. The van der Waals surface area contributed by atoms with E-state index in [0.717, 1.165) is 18.4 Å². The van der Waals surface area contributed by atoms with E-state index in [4.69, 9.17) is 16.0 Å². The second-order valence-corrected chi connectivity index (χ2v) is 5.73. The molecule has 2 rings (SSSR count). The molecule has 0 bridgehead atoms. The molecule has 1 N–H and O–H groups in total. The van der Waals surface area contributed by atoms with Gasteiger partial charge in [0.2, 0.25) is 5.89 Å². The first-order valence-electron chi connectivity index (χ1n) is 6.36. The minimum absolute atomic E-state index is 0.229. The average molecular weight is 258 g/mol. The van der Waals surface area contributed by atoms with Gasteiger partial charge in [-0.3, -0.25) is 0 Å². The highest BCUT2D eigenvalue weighted by atomic mass is 35.5. The lowest BCUT2D eigenvalue weighted by atomic mass is 9.82. The number of nitrogens with one attached hydrogen (secondary N) is 1. The standard InChI is InChI=1S/C12H20ClN3O/c1-8-4-3-5-10(6-8)7-14-12-16-15-11(17-12)9(2)13/h8-10H,3-7H2,1-2H3,(H,14,16). The summed E-state index contributed by atoms with van der Waals surface area (Å²) in [6.07, 6.45) is 5.29. The summed E-state index contributed by atoms with van der Waals surface area (Å²) >= 11 is 5.86. The minimum Gasteiger partial charge on any atom is -0.407 e. The Morgan fingerprint density at radius 1 is 1.47 bits per heavy atom. The Balaban J connectivity index is 1.80. The number of anilines is 1. The summed E-state index contributed by atoms with van der Waals surface area (Å²) in [4.78, 5) is 0. The Morgan fingerprint density at radius 2 is 2.29 bits per heavy atom. The molecule has 17 heavy (non-hydrogen) atoms. The molecule has 1 aromatic heterocycles. The van der Waals surface area contributed by atoms with Crippen molar-refractivity contribution < 1.29 is 4.42 Å². The lowest BCUT2D eigenvalue weighted by molar-refractivity contribution is 0.292. The topological polar surface area (TPSA) is 51.0 Å². The van der Waals surface area contributed by atoms with Gasteiger partial charge >= 0.3 is 6.01 Å². The Labute approximate surface area is 107 Å². The van der Waals surface area contributed by atoms with Gasteiger partial charge in [-0.1, -0.05) is 24.9 Å². The maximum absolute atomic E-state index is 5.86. The molecule has 0 aliphatic heterocycles. The first kappa shape index (κ1) is 12.7. The highest BCUT2D eigenvalue weighted by molar-refractivity contribution is 6.20. The van der Waals surface area contributed by atoms with E-state index in [2.05, 4.69) is 22.4 Å². The number of aromatic nitrogens is 2. The van der Waals surface area contributed by atoms with Crippen LogP contribution in [0.3, 0.4) is 0 Å². The monoisotopic (exact) mass is 257 g/mol. The zero-order valence-corrected chi connectivity index (χ0v) is 11.2. The van der Waals surface area contributed by atoms with Gasteiger partial charge in [0, 0.05) is 6.54 Å². The molecule has 4 nitrogen and oxygen atoms in total. The zero-order valence-electron chi connectivity index (χ0n) is 10.4. The van der Waals surface area contributed by atoms with Crippen molar-refractivity contribution in [2.24, 2.45) is 11.8 Å². The summed E-state index contributed by atoms with van der Waals surface area (Å²) in [6, 6.07) is 0.491. The molecule has 1 aliphatic carbocycles. The SMILES string of the molecule is CC1CCCC(CNc2nnc(C(C)Cl)o2)C1. The van der Waals surface area contributed by atoms with E-state index < -0.39 is 0 Å². The molecule has 1 aliphatic rings. The number of hydrogen-bond acceptors (Lipinski definition) is 4. The van der Waals surface area contributed by atoms with Crippen LogP contribution in [-0.2, 0) is 0 Å². The number of nitrogens with zero attached hydrogens (tertiary/aromatic N) is 2. The smallest absolute Gasteiger partial charge is 0.315 e. The quantitative estimate of drug-likeness (QED) is 0.838. The summed E-state index contributed by atoms with van der Waals surface area (Å²) in [5.41, 5.74) is 0. The maximum Gasteiger partial charge on any atom is 0.315 e. The van der Waals surface area contributed by atoms with E-state index >= 15 is 0 Å². The largest absolute Gasteiger partial charge is 0.407 e. The Hall–Kier alpha value is -0.770. The Bertz CT molecular complexity index is 353. The van der Waals surface area contributed by atoms with Crippen LogP contribution in [0.5, 0.6) is 0 Å². The van der Waals surface area contributed by atoms with Crippen molar-refractivity contribution in [3.63, 3.8) is 0 Å². The highest BCUT2D eigenvalue weighted by Crippen LogP contribution is 2.28. The van der Waals surface area contributed by atoms with Crippen molar-refractivity contribution in [3.05, 3.63) is 5.89 Å². The third-order valence-electron chi connectivity index (χ3n) is 3.37. The molecule has 0 amide bonds. The fourth-order valence-corrected chi connectivity index (χ4v) is 2.53. The Kier molecular flexibility index (Phi) is 4.26. The molecule has 3 unspecified atom stereocenters. The molecule has 1 heterocycles. The second kappa shape index (κ2) is 5.71. The molecule has 0 spiro atoms. The molecule has 0 radical (unpaired) electrons. The fourth-order valence-electron chi connectivity index (χ4n) is 2.44. The summed E-state index contributed by atoms with van der Waals surface area (Å²) in [6.45, 7) is 5.07. The summed E-state index contributed by atoms with van der Waals surface area (Å²) < 4.78 is 5.40. The fraction of sp³-hybridized carbons (Fsp3) is 0.833. The van der Waals surface area contributed by atoms with Gasteiger partial charge in [-0.15, -0.1) is 16.7 Å². The molecule has 0 saturated heterocycles. The van der Waals surface area contributed by atoms with Crippen molar-refractivity contribution in [1.29, 1.82) is 0 Å². The van der Waals surface area contributed by atoms with Gasteiger partial charge in [0.1, 0.15) is 5.38 Å². The van der Waals surface area contributed by atoms with E-state index in [1.165, 1.54) is 25.7 Å².